The molecule has 3 nitrogen and oxygen atoms in total. The summed E-state index contributed by atoms with van der Waals surface area (Å²) in [6.45, 7) is 14.9. The lowest BCUT2D eigenvalue weighted by Gasteiger charge is -2.39. The lowest BCUT2D eigenvalue weighted by molar-refractivity contribution is 0.0865. The summed E-state index contributed by atoms with van der Waals surface area (Å²) in [6, 6.07) is 2.50. The monoisotopic (exact) mass is 265 g/mol. The molecule has 110 valence electrons. The number of nitrogens with zero attached hydrogens (tertiary/aromatic N) is 3. The van der Waals surface area contributed by atoms with Gasteiger partial charge in [0, 0.05) is 37.8 Å². The van der Waals surface area contributed by atoms with Gasteiger partial charge >= 0.3 is 0 Å². The van der Waals surface area contributed by atoms with Crippen LogP contribution in [0.15, 0.2) is 0 Å². The fraction of sp³-hybridized carbons (Fsp3) is 1.00. The van der Waals surface area contributed by atoms with Crippen LogP contribution in [0.2, 0.25) is 0 Å². The van der Waals surface area contributed by atoms with Gasteiger partial charge in [-0.2, -0.15) is 0 Å². The predicted molar refractivity (Wildman–Crippen MR) is 80.4 cm³/mol. The highest BCUT2D eigenvalue weighted by Gasteiger charge is 2.42. The van der Waals surface area contributed by atoms with Crippen molar-refractivity contribution in [2.45, 2.75) is 58.2 Å². The Morgan fingerprint density at radius 1 is 1.00 bits per heavy atom. The van der Waals surface area contributed by atoms with Gasteiger partial charge in [-0.25, -0.2) is 0 Å². The van der Waals surface area contributed by atoms with Crippen molar-refractivity contribution in [1.29, 1.82) is 0 Å². The second-order valence-electron chi connectivity index (χ2n) is 7.16. The number of hydrogen-bond donors (Lipinski definition) is 0. The molecule has 0 spiro atoms. The molecule has 0 radical (unpaired) electrons. The molecule has 0 N–H and O–H groups in total. The maximum atomic E-state index is 2.81. The van der Waals surface area contributed by atoms with Crippen molar-refractivity contribution >= 4 is 0 Å². The van der Waals surface area contributed by atoms with Crippen LogP contribution in [0.5, 0.6) is 0 Å². The Balaban J connectivity index is 1.45. The third kappa shape index (κ3) is 2.84. The summed E-state index contributed by atoms with van der Waals surface area (Å²) >= 11 is 0. The first-order chi connectivity index (χ1) is 9.17. The summed E-state index contributed by atoms with van der Waals surface area (Å²) in [5.41, 5.74) is 0. The van der Waals surface area contributed by atoms with E-state index in [1.54, 1.807) is 0 Å². The standard InChI is InChI=1S/C16H31N3/c1-4-17-11-16-9-15(17)12-19(16)10-14-5-7-18(8-6-14)13(2)3/h13-16H,4-12H2,1-3H3/t15-,16?/m1/s1. The molecule has 1 unspecified atom stereocenters. The van der Waals surface area contributed by atoms with Gasteiger partial charge in [-0.05, 0) is 58.7 Å². The Morgan fingerprint density at radius 2 is 1.63 bits per heavy atom. The molecule has 0 amide bonds. The Labute approximate surface area is 118 Å². The Kier molecular flexibility index (Phi) is 4.16. The zero-order chi connectivity index (χ0) is 13.4. The van der Waals surface area contributed by atoms with Crippen molar-refractivity contribution < 1.29 is 0 Å². The van der Waals surface area contributed by atoms with Gasteiger partial charge in [0.2, 0.25) is 0 Å². The Bertz CT molecular complexity index is 296. The van der Waals surface area contributed by atoms with Gasteiger partial charge in [-0.3, -0.25) is 9.80 Å². The summed E-state index contributed by atoms with van der Waals surface area (Å²) in [4.78, 5) is 8.14. The highest BCUT2D eigenvalue weighted by molar-refractivity contribution is 4.99. The molecule has 3 heterocycles. The Morgan fingerprint density at radius 3 is 2.16 bits per heavy atom. The van der Waals surface area contributed by atoms with Crippen LogP contribution in [0.1, 0.15) is 40.0 Å². The van der Waals surface area contributed by atoms with Crippen LogP contribution >= 0.6 is 0 Å². The van der Waals surface area contributed by atoms with Crippen molar-refractivity contribution in [3.8, 4) is 0 Å². The smallest absolute Gasteiger partial charge is 0.0239 e. The molecule has 3 aliphatic heterocycles. The molecular formula is C16H31N3. The fourth-order valence-electron chi connectivity index (χ4n) is 4.43. The molecule has 3 saturated heterocycles. The summed E-state index contributed by atoms with van der Waals surface area (Å²) in [7, 11) is 0. The van der Waals surface area contributed by atoms with E-state index in [1.807, 2.05) is 0 Å². The number of piperidine rings is 1. The largest absolute Gasteiger partial charge is 0.301 e. The molecule has 2 bridgehead atoms. The number of likely N-dealkylation sites (N-methyl/N-ethyl adjacent to an activating group) is 1. The van der Waals surface area contributed by atoms with Crippen LogP contribution in [-0.4, -0.2) is 72.1 Å². The average Bonchev–Trinajstić information content (AvgIpc) is 2.98. The van der Waals surface area contributed by atoms with E-state index in [2.05, 4.69) is 35.5 Å². The second kappa shape index (κ2) is 5.71. The maximum absolute atomic E-state index is 2.81. The first-order valence-corrected chi connectivity index (χ1v) is 8.39. The van der Waals surface area contributed by atoms with E-state index in [-0.39, 0.29) is 0 Å². The van der Waals surface area contributed by atoms with E-state index in [1.165, 1.54) is 58.5 Å². The Hall–Kier alpha value is -0.120. The zero-order valence-corrected chi connectivity index (χ0v) is 13.0. The van der Waals surface area contributed by atoms with Gasteiger partial charge in [0.15, 0.2) is 0 Å². The summed E-state index contributed by atoms with van der Waals surface area (Å²) in [6.07, 6.45) is 4.28. The highest BCUT2D eigenvalue weighted by atomic mass is 15.3. The number of fused-ring (bicyclic) bond motifs is 2. The third-order valence-corrected chi connectivity index (χ3v) is 5.75. The second-order valence-corrected chi connectivity index (χ2v) is 7.16. The normalized spacial score (nSPS) is 34.7. The zero-order valence-electron chi connectivity index (χ0n) is 13.0. The van der Waals surface area contributed by atoms with E-state index < -0.39 is 0 Å². The lowest BCUT2D eigenvalue weighted by Crippen LogP contribution is -2.49. The van der Waals surface area contributed by atoms with E-state index in [9.17, 15) is 0 Å². The average molecular weight is 265 g/mol. The van der Waals surface area contributed by atoms with Crippen LogP contribution < -0.4 is 0 Å². The van der Waals surface area contributed by atoms with E-state index >= 15 is 0 Å². The van der Waals surface area contributed by atoms with Gasteiger partial charge in [-0.1, -0.05) is 6.92 Å². The van der Waals surface area contributed by atoms with Crippen molar-refractivity contribution in [2.24, 2.45) is 5.92 Å². The molecule has 0 aromatic carbocycles. The van der Waals surface area contributed by atoms with Crippen LogP contribution in [0.25, 0.3) is 0 Å². The van der Waals surface area contributed by atoms with E-state index in [0.29, 0.717) is 0 Å². The van der Waals surface area contributed by atoms with E-state index in [4.69, 9.17) is 0 Å². The van der Waals surface area contributed by atoms with Gasteiger partial charge < -0.3 is 4.90 Å². The molecule has 2 atom stereocenters. The summed E-state index contributed by atoms with van der Waals surface area (Å²) in [5, 5.41) is 0. The fourth-order valence-corrected chi connectivity index (χ4v) is 4.43. The molecule has 0 aromatic heterocycles. The summed E-state index contributed by atoms with van der Waals surface area (Å²) in [5.74, 6) is 0.962. The highest BCUT2D eigenvalue weighted by Crippen LogP contribution is 2.32. The van der Waals surface area contributed by atoms with Crippen LogP contribution in [0, 0.1) is 5.92 Å². The SMILES string of the molecule is CCN1CC2C[C@@H]1CN2CC1CCN(C(C)C)CC1. The van der Waals surface area contributed by atoms with E-state index in [0.717, 1.165) is 24.0 Å². The molecule has 3 rings (SSSR count). The number of rotatable bonds is 4. The minimum absolute atomic E-state index is 0.738. The molecule has 19 heavy (non-hydrogen) atoms. The van der Waals surface area contributed by atoms with Gasteiger partial charge in [0.05, 0.1) is 0 Å². The minimum Gasteiger partial charge on any atom is -0.301 e. The number of hydrogen-bond acceptors (Lipinski definition) is 3. The van der Waals surface area contributed by atoms with Crippen molar-refractivity contribution in [2.75, 3.05) is 39.3 Å². The van der Waals surface area contributed by atoms with Crippen molar-refractivity contribution in [3.05, 3.63) is 0 Å². The van der Waals surface area contributed by atoms with Gasteiger partial charge in [-0.15, -0.1) is 0 Å². The van der Waals surface area contributed by atoms with Gasteiger partial charge in [0.25, 0.3) is 0 Å². The molecule has 0 aliphatic carbocycles. The van der Waals surface area contributed by atoms with Crippen molar-refractivity contribution in [1.82, 2.24) is 14.7 Å². The van der Waals surface area contributed by atoms with Crippen molar-refractivity contribution in [3.63, 3.8) is 0 Å². The van der Waals surface area contributed by atoms with Crippen LogP contribution in [0.4, 0.5) is 0 Å². The predicted octanol–water partition coefficient (Wildman–Crippen LogP) is 1.89. The van der Waals surface area contributed by atoms with Crippen LogP contribution in [-0.2, 0) is 0 Å². The molecule has 3 aliphatic rings. The van der Waals surface area contributed by atoms with Gasteiger partial charge in [0.1, 0.15) is 0 Å². The number of piperazine rings is 1. The molecule has 3 fully saturated rings. The first-order valence-electron chi connectivity index (χ1n) is 8.39. The summed E-state index contributed by atoms with van der Waals surface area (Å²) < 4.78 is 0. The number of likely N-dealkylation sites (tertiary alicyclic amines) is 3. The molecular weight excluding hydrogens is 234 g/mol. The molecule has 3 heteroatoms. The molecule has 0 saturated carbocycles. The quantitative estimate of drug-likeness (QED) is 0.768. The lowest BCUT2D eigenvalue weighted by atomic mass is 9.95. The minimum atomic E-state index is 0.738. The maximum Gasteiger partial charge on any atom is 0.0239 e. The first kappa shape index (κ1) is 13.8. The molecule has 0 aromatic rings. The topological polar surface area (TPSA) is 9.72 Å². The van der Waals surface area contributed by atoms with Crippen LogP contribution in [0.3, 0.4) is 0 Å². The third-order valence-electron chi connectivity index (χ3n) is 5.75.